The van der Waals surface area contributed by atoms with Crippen molar-refractivity contribution in [2.45, 2.75) is 33.2 Å². The number of nitrogens with zero attached hydrogens (tertiary/aromatic N) is 2. The van der Waals surface area contributed by atoms with Crippen LogP contribution in [0.1, 0.15) is 25.2 Å². The van der Waals surface area contributed by atoms with Gasteiger partial charge in [-0.15, -0.1) is 11.3 Å². The lowest BCUT2D eigenvalue weighted by atomic mass is 10.0. The van der Waals surface area contributed by atoms with Gasteiger partial charge in [0, 0.05) is 10.9 Å². The summed E-state index contributed by atoms with van der Waals surface area (Å²) >= 11 is 1.40. The maximum Gasteiger partial charge on any atom is 0.329 e. The second-order valence-corrected chi connectivity index (χ2v) is 7.22. The maximum atomic E-state index is 13.1. The Bertz CT molecular complexity index is 998. The van der Waals surface area contributed by atoms with E-state index in [1.165, 1.54) is 29.8 Å². The Kier molecular flexibility index (Phi) is 3.80. The van der Waals surface area contributed by atoms with Crippen LogP contribution in [0.2, 0.25) is 0 Å². The van der Waals surface area contributed by atoms with Gasteiger partial charge in [0.25, 0.3) is 5.56 Å². The van der Waals surface area contributed by atoms with Gasteiger partial charge < -0.3 is 5.11 Å². The van der Waals surface area contributed by atoms with Crippen LogP contribution in [0.25, 0.3) is 21.3 Å². The smallest absolute Gasteiger partial charge is 0.329 e. The second kappa shape index (κ2) is 5.56. The summed E-state index contributed by atoms with van der Waals surface area (Å²) in [7, 11) is 0. The third kappa shape index (κ3) is 2.43. The molecule has 0 fully saturated rings. The number of aryl methyl sites for hydroxylation is 2. The van der Waals surface area contributed by atoms with Crippen LogP contribution in [0.15, 0.2) is 34.4 Å². The third-order valence-electron chi connectivity index (χ3n) is 4.22. The molecule has 0 atom stereocenters. The van der Waals surface area contributed by atoms with Crippen LogP contribution in [-0.4, -0.2) is 20.6 Å². The molecule has 0 amide bonds. The first-order chi connectivity index (χ1) is 11.2. The number of fused-ring (bicyclic) bond motifs is 1. The predicted molar refractivity (Wildman–Crippen MR) is 95.7 cm³/mol. The van der Waals surface area contributed by atoms with Gasteiger partial charge in [-0.1, -0.05) is 29.8 Å². The van der Waals surface area contributed by atoms with Gasteiger partial charge in [0.05, 0.1) is 5.39 Å². The van der Waals surface area contributed by atoms with E-state index in [4.69, 9.17) is 0 Å². The van der Waals surface area contributed by atoms with Crippen molar-refractivity contribution in [3.63, 3.8) is 0 Å². The molecule has 2 aromatic heterocycles. The molecule has 0 aliphatic carbocycles. The molecule has 3 rings (SSSR count). The molecule has 0 saturated carbocycles. The highest BCUT2D eigenvalue weighted by molar-refractivity contribution is 7.17. The third-order valence-corrected chi connectivity index (χ3v) is 5.09. The Hall–Kier alpha value is -2.47. The van der Waals surface area contributed by atoms with E-state index in [-0.39, 0.29) is 5.56 Å². The number of rotatable bonds is 3. The van der Waals surface area contributed by atoms with E-state index < -0.39 is 11.5 Å². The number of thiophene rings is 1. The molecule has 0 aliphatic rings. The summed E-state index contributed by atoms with van der Waals surface area (Å²) in [4.78, 5) is 29.8. The van der Waals surface area contributed by atoms with E-state index in [2.05, 4.69) is 4.98 Å². The van der Waals surface area contributed by atoms with Crippen molar-refractivity contribution < 1.29 is 9.90 Å². The van der Waals surface area contributed by atoms with Crippen LogP contribution < -0.4 is 5.56 Å². The first-order valence-corrected chi connectivity index (χ1v) is 8.43. The van der Waals surface area contributed by atoms with Gasteiger partial charge in [0.15, 0.2) is 0 Å². The monoisotopic (exact) mass is 342 g/mol. The van der Waals surface area contributed by atoms with Crippen molar-refractivity contribution in [2.24, 2.45) is 0 Å². The summed E-state index contributed by atoms with van der Waals surface area (Å²) in [5.74, 6) is -0.668. The molecule has 2 heterocycles. The van der Waals surface area contributed by atoms with Crippen LogP contribution >= 0.6 is 11.3 Å². The molecule has 0 spiro atoms. The van der Waals surface area contributed by atoms with Gasteiger partial charge in [-0.2, -0.15) is 0 Å². The van der Waals surface area contributed by atoms with Gasteiger partial charge in [-0.05, 0) is 33.3 Å². The summed E-state index contributed by atoms with van der Waals surface area (Å²) < 4.78 is 1.27. The number of aromatic nitrogens is 2. The average Bonchev–Trinajstić information content (AvgIpc) is 2.91. The molecule has 24 heavy (non-hydrogen) atoms. The Balaban J connectivity index is 2.35. The minimum absolute atomic E-state index is 0.318. The SMILES string of the molecule is Cc1ccc(-c2csc3nc(C)n(C(C)(C)C(=O)O)c(=O)c23)cc1. The summed E-state index contributed by atoms with van der Waals surface area (Å²) in [6.45, 7) is 6.68. The predicted octanol–water partition coefficient (Wildman–Crippen LogP) is 3.56. The van der Waals surface area contributed by atoms with Gasteiger partial charge in [-0.3, -0.25) is 9.36 Å². The number of hydrogen-bond donors (Lipinski definition) is 1. The first kappa shape index (κ1) is 16.4. The lowest BCUT2D eigenvalue weighted by molar-refractivity contribution is -0.145. The van der Waals surface area contributed by atoms with E-state index >= 15 is 0 Å². The fourth-order valence-corrected chi connectivity index (χ4v) is 3.78. The minimum Gasteiger partial charge on any atom is -0.480 e. The molecule has 0 saturated heterocycles. The summed E-state index contributed by atoms with van der Waals surface area (Å²) in [5.41, 5.74) is 1.17. The first-order valence-electron chi connectivity index (χ1n) is 7.55. The molecule has 1 N–H and O–H groups in total. The van der Waals surface area contributed by atoms with Gasteiger partial charge >= 0.3 is 5.97 Å². The molecule has 0 bridgehead atoms. The average molecular weight is 342 g/mol. The van der Waals surface area contributed by atoms with Crippen molar-refractivity contribution in [3.8, 4) is 11.1 Å². The topological polar surface area (TPSA) is 72.2 Å². The molecule has 5 nitrogen and oxygen atoms in total. The number of carbonyl (C=O) groups is 1. The Morgan fingerprint density at radius 2 is 1.83 bits per heavy atom. The molecule has 1 aromatic carbocycles. The normalized spacial score (nSPS) is 11.8. The number of carboxylic acid groups (broad SMARTS) is 1. The van der Waals surface area contributed by atoms with Crippen LogP contribution in [0.5, 0.6) is 0 Å². The van der Waals surface area contributed by atoms with Crippen molar-refractivity contribution in [1.82, 2.24) is 9.55 Å². The molecule has 0 aliphatic heterocycles. The van der Waals surface area contributed by atoms with E-state index in [1.54, 1.807) is 6.92 Å². The molecule has 0 radical (unpaired) electrons. The minimum atomic E-state index is -1.37. The Morgan fingerprint density at radius 1 is 1.21 bits per heavy atom. The van der Waals surface area contributed by atoms with Gasteiger partial charge in [0.2, 0.25) is 0 Å². The van der Waals surface area contributed by atoms with E-state index in [1.807, 2.05) is 36.6 Å². The van der Waals surface area contributed by atoms with E-state index in [0.29, 0.717) is 16.0 Å². The fourth-order valence-electron chi connectivity index (χ4n) is 2.79. The van der Waals surface area contributed by atoms with Crippen LogP contribution in [0, 0.1) is 13.8 Å². The molecule has 124 valence electrons. The molecule has 0 unspecified atom stereocenters. The highest BCUT2D eigenvalue weighted by atomic mass is 32.1. The number of benzene rings is 1. The molecular formula is C18H18N2O3S. The summed E-state index contributed by atoms with van der Waals surface area (Å²) in [5, 5.41) is 11.9. The quantitative estimate of drug-likeness (QED) is 0.790. The lowest BCUT2D eigenvalue weighted by Crippen LogP contribution is -2.44. The van der Waals surface area contributed by atoms with Crippen LogP contribution in [0.4, 0.5) is 0 Å². The summed E-state index contributed by atoms with van der Waals surface area (Å²) in [6, 6.07) is 7.89. The molecule has 3 aromatic rings. The van der Waals surface area contributed by atoms with E-state index in [0.717, 1.165) is 16.7 Å². The van der Waals surface area contributed by atoms with Gasteiger partial charge in [-0.25, -0.2) is 9.78 Å². The molecule has 6 heteroatoms. The zero-order valence-corrected chi connectivity index (χ0v) is 14.8. The van der Waals surface area contributed by atoms with E-state index in [9.17, 15) is 14.7 Å². The zero-order valence-electron chi connectivity index (χ0n) is 14.0. The Labute approximate surface area is 143 Å². The maximum absolute atomic E-state index is 13.1. The lowest BCUT2D eigenvalue weighted by Gasteiger charge is -2.24. The highest BCUT2D eigenvalue weighted by Gasteiger charge is 2.33. The number of aliphatic carboxylic acids is 1. The number of carboxylic acids is 1. The molecular weight excluding hydrogens is 324 g/mol. The standard InChI is InChI=1S/C18H18N2O3S/c1-10-5-7-12(8-6-10)13-9-24-15-14(13)16(21)20(11(2)19-15)18(3,4)17(22)23/h5-9H,1-4H3,(H,22,23). The van der Waals surface area contributed by atoms with Gasteiger partial charge in [0.1, 0.15) is 16.2 Å². The van der Waals surface area contributed by atoms with Crippen molar-refractivity contribution in [3.05, 3.63) is 51.4 Å². The van der Waals surface area contributed by atoms with Crippen LogP contribution in [-0.2, 0) is 10.3 Å². The second-order valence-electron chi connectivity index (χ2n) is 6.36. The largest absolute Gasteiger partial charge is 0.480 e. The number of hydrogen-bond acceptors (Lipinski definition) is 4. The van der Waals surface area contributed by atoms with Crippen molar-refractivity contribution in [1.29, 1.82) is 0 Å². The zero-order chi connectivity index (χ0) is 17.6. The van der Waals surface area contributed by atoms with Crippen LogP contribution in [0.3, 0.4) is 0 Å². The summed E-state index contributed by atoms with van der Waals surface area (Å²) in [6.07, 6.45) is 0. The Morgan fingerprint density at radius 3 is 2.42 bits per heavy atom. The van der Waals surface area contributed by atoms with Crippen molar-refractivity contribution >= 4 is 27.5 Å². The fraction of sp³-hybridized carbons (Fsp3) is 0.278. The van der Waals surface area contributed by atoms with Crippen molar-refractivity contribution in [2.75, 3.05) is 0 Å². The highest BCUT2D eigenvalue weighted by Crippen LogP contribution is 2.32.